The third kappa shape index (κ3) is 5.69. The van der Waals surface area contributed by atoms with Crippen LogP contribution in [0.25, 0.3) is 0 Å². The van der Waals surface area contributed by atoms with Gasteiger partial charge in [-0.3, -0.25) is 4.79 Å². The SMILES string of the molecule is COc1ccc(OCC(C)NC(=O)C(C)Oc2cc(C)ccc2C)cc1. The first-order valence-electron chi connectivity index (χ1n) is 8.70. The molecule has 140 valence electrons. The molecule has 1 amide bonds. The molecule has 0 aliphatic rings. The number of benzene rings is 2. The lowest BCUT2D eigenvalue weighted by Crippen LogP contribution is -2.43. The molecule has 26 heavy (non-hydrogen) atoms. The van der Waals surface area contributed by atoms with Crippen LogP contribution in [0.5, 0.6) is 17.2 Å². The van der Waals surface area contributed by atoms with Crippen LogP contribution in [0.1, 0.15) is 25.0 Å². The average Bonchev–Trinajstić information content (AvgIpc) is 2.63. The van der Waals surface area contributed by atoms with Gasteiger partial charge in [-0.25, -0.2) is 0 Å². The molecule has 0 fully saturated rings. The first-order valence-corrected chi connectivity index (χ1v) is 8.70. The topological polar surface area (TPSA) is 56.8 Å². The van der Waals surface area contributed by atoms with Gasteiger partial charge in [-0.05, 0) is 69.2 Å². The Morgan fingerprint density at radius 2 is 1.69 bits per heavy atom. The fourth-order valence-corrected chi connectivity index (χ4v) is 2.37. The summed E-state index contributed by atoms with van der Waals surface area (Å²) in [6.45, 7) is 7.97. The summed E-state index contributed by atoms with van der Waals surface area (Å²) in [7, 11) is 1.62. The van der Waals surface area contributed by atoms with Gasteiger partial charge in [0.05, 0.1) is 13.2 Å². The molecule has 5 nitrogen and oxygen atoms in total. The van der Waals surface area contributed by atoms with Crippen molar-refractivity contribution in [1.29, 1.82) is 0 Å². The van der Waals surface area contributed by atoms with Crippen molar-refractivity contribution in [2.45, 2.75) is 39.8 Å². The number of carbonyl (C=O) groups is 1. The predicted molar refractivity (Wildman–Crippen MR) is 102 cm³/mol. The molecule has 0 spiro atoms. The van der Waals surface area contributed by atoms with Crippen molar-refractivity contribution in [1.82, 2.24) is 5.32 Å². The minimum absolute atomic E-state index is 0.144. The summed E-state index contributed by atoms with van der Waals surface area (Å²) in [6, 6.07) is 13.1. The average molecular weight is 357 g/mol. The molecule has 2 atom stereocenters. The van der Waals surface area contributed by atoms with E-state index in [1.54, 1.807) is 14.0 Å². The Morgan fingerprint density at radius 3 is 2.35 bits per heavy atom. The molecule has 1 N–H and O–H groups in total. The fourth-order valence-electron chi connectivity index (χ4n) is 2.37. The molecular formula is C21H27NO4. The van der Waals surface area contributed by atoms with Crippen molar-refractivity contribution >= 4 is 5.91 Å². The normalized spacial score (nSPS) is 12.8. The van der Waals surface area contributed by atoms with Gasteiger partial charge in [0.1, 0.15) is 23.9 Å². The molecule has 0 aliphatic carbocycles. The quantitative estimate of drug-likeness (QED) is 0.783. The van der Waals surface area contributed by atoms with Crippen molar-refractivity contribution < 1.29 is 19.0 Å². The standard InChI is InChI=1S/C21H27NO4/c1-14-6-7-15(2)20(12-14)26-17(4)21(23)22-16(3)13-25-19-10-8-18(24-5)9-11-19/h6-12,16-17H,13H2,1-5H3,(H,22,23). The Bertz CT molecular complexity index is 727. The summed E-state index contributed by atoms with van der Waals surface area (Å²) in [5.74, 6) is 2.06. The highest BCUT2D eigenvalue weighted by Crippen LogP contribution is 2.20. The second kappa shape index (κ2) is 9.13. The van der Waals surface area contributed by atoms with Crippen LogP contribution in [0, 0.1) is 13.8 Å². The first-order chi connectivity index (χ1) is 12.4. The molecular weight excluding hydrogens is 330 g/mol. The summed E-state index contributed by atoms with van der Waals surface area (Å²) < 4.78 is 16.6. The maximum absolute atomic E-state index is 12.3. The Kier molecular flexibility index (Phi) is 6.89. The van der Waals surface area contributed by atoms with Crippen molar-refractivity contribution in [2.75, 3.05) is 13.7 Å². The zero-order chi connectivity index (χ0) is 19.1. The van der Waals surface area contributed by atoms with E-state index < -0.39 is 6.10 Å². The summed E-state index contributed by atoms with van der Waals surface area (Å²) in [4.78, 5) is 12.3. The van der Waals surface area contributed by atoms with Crippen molar-refractivity contribution in [3.05, 3.63) is 53.6 Å². The Balaban J connectivity index is 1.82. The lowest BCUT2D eigenvalue weighted by atomic mass is 10.1. The van der Waals surface area contributed by atoms with Crippen LogP contribution in [0.15, 0.2) is 42.5 Å². The zero-order valence-electron chi connectivity index (χ0n) is 16.0. The lowest BCUT2D eigenvalue weighted by Gasteiger charge is -2.20. The van der Waals surface area contributed by atoms with Gasteiger partial charge in [0.25, 0.3) is 5.91 Å². The molecule has 2 rings (SSSR count). The Morgan fingerprint density at radius 1 is 1.04 bits per heavy atom. The number of amides is 1. The number of nitrogens with one attached hydrogen (secondary N) is 1. The molecule has 0 saturated heterocycles. The number of methoxy groups -OCH3 is 1. The smallest absolute Gasteiger partial charge is 0.261 e. The van der Waals surface area contributed by atoms with Crippen LogP contribution < -0.4 is 19.5 Å². The molecule has 2 unspecified atom stereocenters. The van der Waals surface area contributed by atoms with Crippen LogP contribution in [0.3, 0.4) is 0 Å². The van der Waals surface area contributed by atoms with Gasteiger partial charge in [0.2, 0.25) is 0 Å². The maximum atomic E-state index is 12.3. The molecule has 0 aromatic heterocycles. The van der Waals surface area contributed by atoms with E-state index in [9.17, 15) is 4.79 Å². The van der Waals surface area contributed by atoms with Crippen LogP contribution >= 0.6 is 0 Å². The van der Waals surface area contributed by atoms with Gasteiger partial charge < -0.3 is 19.5 Å². The third-order valence-electron chi connectivity index (χ3n) is 3.96. The second-order valence-corrected chi connectivity index (χ2v) is 6.43. The van der Waals surface area contributed by atoms with Gasteiger partial charge in [-0.1, -0.05) is 12.1 Å². The van der Waals surface area contributed by atoms with E-state index in [2.05, 4.69) is 5.32 Å². The van der Waals surface area contributed by atoms with Gasteiger partial charge >= 0.3 is 0 Å². The summed E-state index contributed by atoms with van der Waals surface area (Å²) in [5.41, 5.74) is 2.10. The van der Waals surface area contributed by atoms with Crippen molar-refractivity contribution in [2.24, 2.45) is 0 Å². The van der Waals surface area contributed by atoms with E-state index in [1.807, 2.05) is 63.2 Å². The van der Waals surface area contributed by atoms with Crippen LogP contribution in [-0.4, -0.2) is 31.8 Å². The van der Waals surface area contributed by atoms with E-state index in [4.69, 9.17) is 14.2 Å². The number of hydrogen-bond donors (Lipinski definition) is 1. The van der Waals surface area contributed by atoms with Crippen LogP contribution in [0.4, 0.5) is 0 Å². The number of rotatable bonds is 8. The Labute approximate surface area is 155 Å². The minimum Gasteiger partial charge on any atom is -0.497 e. The molecule has 0 radical (unpaired) electrons. The number of aryl methyl sites for hydroxylation is 2. The van der Waals surface area contributed by atoms with E-state index in [0.717, 1.165) is 28.4 Å². The van der Waals surface area contributed by atoms with E-state index >= 15 is 0 Å². The highest BCUT2D eigenvalue weighted by molar-refractivity contribution is 5.81. The Hall–Kier alpha value is -2.69. The van der Waals surface area contributed by atoms with Crippen molar-refractivity contribution in [3.8, 4) is 17.2 Å². The van der Waals surface area contributed by atoms with Gasteiger partial charge in [-0.15, -0.1) is 0 Å². The van der Waals surface area contributed by atoms with Crippen molar-refractivity contribution in [3.63, 3.8) is 0 Å². The molecule has 2 aromatic rings. The van der Waals surface area contributed by atoms with Gasteiger partial charge in [0, 0.05) is 0 Å². The largest absolute Gasteiger partial charge is 0.497 e. The van der Waals surface area contributed by atoms with E-state index in [0.29, 0.717) is 6.61 Å². The van der Waals surface area contributed by atoms with Crippen LogP contribution in [-0.2, 0) is 4.79 Å². The molecule has 2 aromatic carbocycles. The number of hydrogen-bond acceptors (Lipinski definition) is 4. The molecule has 5 heteroatoms. The zero-order valence-corrected chi connectivity index (χ0v) is 16.0. The monoisotopic (exact) mass is 357 g/mol. The second-order valence-electron chi connectivity index (χ2n) is 6.43. The predicted octanol–water partition coefficient (Wildman–Crippen LogP) is 3.66. The highest BCUT2D eigenvalue weighted by atomic mass is 16.5. The molecule has 0 bridgehead atoms. The molecule has 0 aliphatic heterocycles. The van der Waals surface area contributed by atoms with Crippen LogP contribution in [0.2, 0.25) is 0 Å². The fraction of sp³-hybridized carbons (Fsp3) is 0.381. The first kappa shape index (κ1) is 19.6. The molecule has 0 heterocycles. The summed E-state index contributed by atoms with van der Waals surface area (Å²) >= 11 is 0. The third-order valence-corrected chi connectivity index (χ3v) is 3.96. The number of carbonyl (C=O) groups excluding carboxylic acids is 1. The minimum atomic E-state index is -0.584. The van der Waals surface area contributed by atoms with Gasteiger partial charge in [0.15, 0.2) is 6.10 Å². The van der Waals surface area contributed by atoms with E-state index in [-0.39, 0.29) is 11.9 Å². The molecule has 0 saturated carbocycles. The van der Waals surface area contributed by atoms with Gasteiger partial charge in [-0.2, -0.15) is 0 Å². The highest BCUT2D eigenvalue weighted by Gasteiger charge is 2.18. The summed E-state index contributed by atoms with van der Waals surface area (Å²) in [6.07, 6.45) is -0.584. The number of ether oxygens (including phenoxy) is 3. The maximum Gasteiger partial charge on any atom is 0.261 e. The summed E-state index contributed by atoms with van der Waals surface area (Å²) in [5, 5.41) is 2.91. The lowest BCUT2D eigenvalue weighted by molar-refractivity contribution is -0.128. The van der Waals surface area contributed by atoms with E-state index in [1.165, 1.54) is 0 Å².